The average molecular weight is 430 g/mol. The van der Waals surface area contributed by atoms with Crippen LogP contribution in [0.3, 0.4) is 0 Å². The molecule has 3 rings (SSSR count). The quantitative estimate of drug-likeness (QED) is 0.307. The Morgan fingerprint density at radius 1 is 1.12 bits per heavy atom. The number of ether oxygens (including phenoxy) is 3. The summed E-state index contributed by atoms with van der Waals surface area (Å²) in [6, 6.07) is 14.3. The second-order valence-corrected chi connectivity index (χ2v) is 6.61. The Hall–Kier alpha value is -4.31. The first-order valence-electron chi connectivity index (χ1n) is 9.71. The van der Waals surface area contributed by atoms with Crippen molar-refractivity contribution in [2.75, 3.05) is 20.8 Å². The van der Waals surface area contributed by atoms with Crippen molar-refractivity contribution in [3.8, 4) is 35.0 Å². The summed E-state index contributed by atoms with van der Waals surface area (Å²) in [4.78, 5) is 25.5. The fourth-order valence-electron chi connectivity index (χ4n) is 3.26. The number of hydrogen-bond donors (Lipinski definition) is 0. The smallest absolute Gasteiger partial charge is 0.357 e. The van der Waals surface area contributed by atoms with Crippen molar-refractivity contribution in [2.24, 2.45) is 0 Å². The van der Waals surface area contributed by atoms with Gasteiger partial charge in [0.1, 0.15) is 23.6 Å². The molecule has 0 saturated carbocycles. The van der Waals surface area contributed by atoms with Crippen molar-refractivity contribution in [1.29, 1.82) is 0 Å². The fraction of sp³-hybridized carbons (Fsp3) is 0.160. The first kappa shape index (κ1) is 22.4. The number of benzene rings is 2. The summed E-state index contributed by atoms with van der Waals surface area (Å²) in [5.74, 6) is 1.61. The second kappa shape index (κ2) is 10.1. The SMILES string of the molecule is C#CCOc1ccc(-c2nn(-c3ccccc3)c(C(=O)OC)c2C(=O)OC)cc1CC=C. The highest BCUT2D eigenvalue weighted by molar-refractivity contribution is 6.06. The maximum atomic E-state index is 12.8. The fourth-order valence-corrected chi connectivity index (χ4v) is 3.26. The Labute approximate surface area is 186 Å². The molecule has 0 N–H and O–H groups in total. The van der Waals surface area contributed by atoms with Gasteiger partial charge in [-0.1, -0.05) is 30.2 Å². The van der Waals surface area contributed by atoms with Gasteiger partial charge in [-0.2, -0.15) is 5.10 Å². The van der Waals surface area contributed by atoms with Gasteiger partial charge in [0.15, 0.2) is 5.69 Å². The Bertz CT molecular complexity index is 1190. The zero-order valence-electron chi connectivity index (χ0n) is 17.8. The zero-order valence-corrected chi connectivity index (χ0v) is 17.8. The molecule has 0 aliphatic rings. The summed E-state index contributed by atoms with van der Waals surface area (Å²) in [5.41, 5.74) is 2.23. The summed E-state index contributed by atoms with van der Waals surface area (Å²) in [6.45, 7) is 3.90. The van der Waals surface area contributed by atoms with Gasteiger partial charge < -0.3 is 14.2 Å². The Morgan fingerprint density at radius 3 is 2.47 bits per heavy atom. The van der Waals surface area contributed by atoms with E-state index in [0.717, 1.165) is 5.56 Å². The lowest BCUT2D eigenvalue weighted by molar-refractivity contribution is 0.0549. The molecule has 2 aromatic carbocycles. The van der Waals surface area contributed by atoms with Crippen molar-refractivity contribution >= 4 is 11.9 Å². The van der Waals surface area contributed by atoms with Crippen LogP contribution in [0.1, 0.15) is 26.4 Å². The Morgan fingerprint density at radius 2 is 1.84 bits per heavy atom. The van der Waals surface area contributed by atoms with Crippen LogP contribution in [-0.2, 0) is 15.9 Å². The van der Waals surface area contributed by atoms with E-state index in [9.17, 15) is 9.59 Å². The number of carbonyl (C=O) groups excluding carboxylic acids is 2. The summed E-state index contributed by atoms with van der Waals surface area (Å²) in [5, 5.41) is 4.60. The van der Waals surface area contributed by atoms with E-state index in [0.29, 0.717) is 23.4 Å². The molecule has 0 aliphatic heterocycles. The third-order valence-corrected chi connectivity index (χ3v) is 4.66. The molecule has 1 aromatic heterocycles. The second-order valence-electron chi connectivity index (χ2n) is 6.61. The molecule has 0 radical (unpaired) electrons. The number of rotatable bonds is 8. The molecule has 1 heterocycles. The number of terminal acetylenes is 1. The van der Waals surface area contributed by atoms with Gasteiger partial charge in [0.2, 0.25) is 0 Å². The van der Waals surface area contributed by atoms with E-state index in [2.05, 4.69) is 17.6 Å². The van der Waals surface area contributed by atoms with Crippen LogP contribution in [0, 0.1) is 12.3 Å². The zero-order chi connectivity index (χ0) is 23.1. The van der Waals surface area contributed by atoms with Crippen LogP contribution in [0.25, 0.3) is 16.9 Å². The number of nitrogens with zero attached hydrogens (tertiary/aromatic N) is 2. The van der Waals surface area contributed by atoms with Crippen molar-refractivity contribution in [1.82, 2.24) is 9.78 Å². The Balaban J connectivity index is 2.28. The highest BCUT2D eigenvalue weighted by Crippen LogP contribution is 2.32. The topological polar surface area (TPSA) is 79.7 Å². The molecule has 7 heteroatoms. The highest BCUT2D eigenvalue weighted by Gasteiger charge is 2.31. The lowest BCUT2D eigenvalue weighted by Gasteiger charge is -2.10. The van der Waals surface area contributed by atoms with Gasteiger partial charge in [-0.25, -0.2) is 14.3 Å². The molecule has 162 valence electrons. The van der Waals surface area contributed by atoms with Gasteiger partial charge in [-0.15, -0.1) is 13.0 Å². The third kappa shape index (κ3) is 4.40. The normalized spacial score (nSPS) is 10.2. The summed E-state index contributed by atoms with van der Waals surface area (Å²) in [7, 11) is 2.48. The highest BCUT2D eigenvalue weighted by atomic mass is 16.5. The molecular weight excluding hydrogens is 408 g/mol. The van der Waals surface area contributed by atoms with E-state index in [-0.39, 0.29) is 23.6 Å². The van der Waals surface area contributed by atoms with Crippen molar-refractivity contribution in [3.05, 3.63) is 78.0 Å². The minimum absolute atomic E-state index is 0.00468. The maximum absolute atomic E-state index is 12.8. The van der Waals surface area contributed by atoms with Gasteiger partial charge in [0.05, 0.1) is 19.9 Å². The molecule has 7 nitrogen and oxygen atoms in total. The molecule has 0 saturated heterocycles. The minimum atomic E-state index is -0.715. The minimum Gasteiger partial charge on any atom is -0.481 e. The van der Waals surface area contributed by atoms with Crippen molar-refractivity contribution < 1.29 is 23.8 Å². The van der Waals surface area contributed by atoms with Crippen LogP contribution < -0.4 is 4.74 Å². The monoisotopic (exact) mass is 430 g/mol. The standard InChI is InChI=1S/C25H22N2O5/c1-5-10-17-16-18(13-14-20(17)32-15-6-2)22-21(24(28)30-3)23(25(29)31-4)27(26-22)19-11-8-7-9-12-19/h2,5,7-9,11-14,16H,1,10,15H2,3-4H3. The van der Waals surface area contributed by atoms with Crippen LogP contribution in [0.5, 0.6) is 5.75 Å². The van der Waals surface area contributed by atoms with Gasteiger partial charge in [-0.3, -0.25) is 0 Å². The number of para-hydroxylation sites is 1. The first-order chi connectivity index (χ1) is 15.5. The molecule has 0 spiro atoms. The first-order valence-corrected chi connectivity index (χ1v) is 9.71. The van der Waals surface area contributed by atoms with Gasteiger partial charge >= 0.3 is 11.9 Å². The number of allylic oxidation sites excluding steroid dienone is 1. The van der Waals surface area contributed by atoms with E-state index in [1.807, 2.05) is 12.1 Å². The van der Waals surface area contributed by atoms with E-state index in [1.165, 1.54) is 18.9 Å². The predicted molar refractivity (Wildman–Crippen MR) is 120 cm³/mol. The maximum Gasteiger partial charge on any atom is 0.357 e. The summed E-state index contributed by atoms with van der Waals surface area (Å²) in [6.07, 6.45) is 7.54. The van der Waals surface area contributed by atoms with Gasteiger partial charge in [0, 0.05) is 5.56 Å². The number of aromatic nitrogens is 2. The van der Waals surface area contributed by atoms with Crippen LogP contribution >= 0.6 is 0 Å². The molecule has 0 aliphatic carbocycles. The number of carbonyl (C=O) groups is 2. The molecule has 0 amide bonds. The van der Waals surface area contributed by atoms with Gasteiger partial charge in [0.25, 0.3) is 0 Å². The molecule has 32 heavy (non-hydrogen) atoms. The summed E-state index contributed by atoms with van der Waals surface area (Å²) < 4.78 is 16.9. The van der Waals surface area contributed by atoms with E-state index < -0.39 is 11.9 Å². The Kier molecular flexibility index (Phi) is 7.09. The van der Waals surface area contributed by atoms with Gasteiger partial charge in [-0.05, 0) is 42.3 Å². The van der Waals surface area contributed by atoms with E-state index in [4.69, 9.17) is 20.6 Å². The summed E-state index contributed by atoms with van der Waals surface area (Å²) >= 11 is 0. The number of hydrogen-bond acceptors (Lipinski definition) is 6. The van der Waals surface area contributed by atoms with Crippen LogP contribution in [0.2, 0.25) is 0 Å². The van der Waals surface area contributed by atoms with Crippen molar-refractivity contribution in [3.63, 3.8) is 0 Å². The van der Waals surface area contributed by atoms with Crippen LogP contribution in [0.4, 0.5) is 0 Å². The van der Waals surface area contributed by atoms with Crippen molar-refractivity contribution in [2.45, 2.75) is 6.42 Å². The molecule has 3 aromatic rings. The molecule has 0 bridgehead atoms. The third-order valence-electron chi connectivity index (χ3n) is 4.66. The lowest BCUT2D eigenvalue weighted by atomic mass is 10.0. The van der Waals surface area contributed by atoms with Crippen LogP contribution in [-0.4, -0.2) is 42.5 Å². The molecule has 0 atom stereocenters. The largest absolute Gasteiger partial charge is 0.481 e. The molecule has 0 unspecified atom stereocenters. The number of methoxy groups -OCH3 is 2. The molecule has 0 fully saturated rings. The lowest BCUT2D eigenvalue weighted by Crippen LogP contribution is -2.15. The van der Waals surface area contributed by atoms with E-state index >= 15 is 0 Å². The molecular formula is C25H22N2O5. The van der Waals surface area contributed by atoms with Crippen LogP contribution in [0.15, 0.2) is 61.2 Å². The van der Waals surface area contributed by atoms with E-state index in [1.54, 1.807) is 42.5 Å². The number of esters is 2. The average Bonchev–Trinajstić information content (AvgIpc) is 3.23. The predicted octanol–water partition coefficient (Wildman–Crippen LogP) is 3.85.